The summed E-state index contributed by atoms with van der Waals surface area (Å²) in [6, 6.07) is 11.6. The molecule has 104 valence electrons. The van der Waals surface area contributed by atoms with Crippen molar-refractivity contribution >= 4 is 34.4 Å². The zero-order valence-corrected chi connectivity index (χ0v) is 13.2. The first-order chi connectivity index (χ1) is 10.2. The fraction of sp³-hybridized carbons (Fsp3) is 0. The number of pyridine rings is 1. The molecule has 3 aromatic rings. The van der Waals surface area contributed by atoms with Crippen molar-refractivity contribution in [2.75, 3.05) is 0 Å². The minimum absolute atomic E-state index is 0.433. The van der Waals surface area contributed by atoms with Gasteiger partial charge >= 0.3 is 0 Å². The summed E-state index contributed by atoms with van der Waals surface area (Å²) in [6.45, 7) is 0. The van der Waals surface area contributed by atoms with Crippen molar-refractivity contribution in [1.82, 2.24) is 19.9 Å². The number of hydrogen-bond donors (Lipinski definition) is 1. The molecule has 21 heavy (non-hydrogen) atoms. The molecule has 0 aliphatic heterocycles. The van der Waals surface area contributed by atoms with Crippen molar-refractivity contribution in [3.63, 3.8) is 0 Å². The van der Waals surface area contributed by atoms with E-state index in [0.29, 0.717) is 10.6 Å². The van der Waals surface area contributed by atoms with Gasteiger partial charge < -0.3 is 0 Å². The van der Waals surface area contributed by atoms with Gasteiger partial charge in [0.05, 0.1) is 6.21 Å². The SMILES string of the molecule is S=c1[nH]nc(-c2cccnc2)n1/N=C\c1ccc(Br)cc1. The third kappa shape index (κ3) is 3.14. The highest BCUT2D eigenvalue weighted by molar-refractivity contribution is 9.10. The first-order valence-corrected chi connectivity index (χ1v) is 7.32. The number of halogens is 1. The lowest BCUT2D eigenvalue weighted by Gasteiger charge is -2.00. The van der Waals surface area contributed by atoms with Crippen LogP contribution in [0.4, 0.5) is 0 Å². The Bertz CT molecular complexity index is 821. The Morgan fingerprint density at radius 3 is 2.76 bits per heavy atom. The van der Waals surface area contributed by atoms with E-state index < -0.39 is 0 Å². The number of aromatic amines is 1. The van der Waals surface area contributed by atoms with E-state index in [1.807, 2.05) is 36.4 Å². The van der Waals surface area contributed by atoms with Crippen LogP contribution in [0.15, 0.2) is 58.4 Å². The molecule has 2 heterocycles. The maximum atomic E-state index is 5.21. The van der Waals surface area contributed by atoms with Gasteiger partial charge in [-0.3, -0.25) is 4.98 Å². The topological polar surface area (TPSA) is 58.9 Å². The molecule has 0 saturated heterocycles. The summed E-state index contributed by atoms with van der Waals surface area (Å²) in [7, 11) is 0. The molecular formula is C14H10BrN5S. The van der Waals surface area contributed by atoms with Crippen molar-refractivity contribution in [2.45, 2.75) is 0 Å². The van der Waals surface area contributed by atoms with Gasteiger partial charge in [0, 0.05) is 22.4 Å². The lowest BCUT2D eigenvalue weighted by atomic mass is 10.2. The summed E-state index contributed by atoms with van der Waals surface area (Å²) in [5.74, 6) is 0.626. The average molecular weight is 360 g/mol. The average Bonchev–Trinajstić information content (AvgIpc) is 2.89. The van der Waals surface area contributed by atoms with Gasteiger partial charge in [-0.25, -0.2) is 5.10 Å². The molecule has 0 unspecified atom stereocenters. The van der Waals surface area contributed by atoms with Crippen LogP contribution in [0.1, 0.15) is 5.56 Å². The second-order valence-electron chi connectivity index (χ2n) is 4.20. The first-order valence-electron chi connectivity index (χ1n) is 6.12. The lowest BCUT2D eigenvalue weighted by molar-refractivity contribution is 0.871. The molecule has 0 amide bonds. The zero-order chi connectivity index (χ0) is 14.7. The number of nitrogens with zero attached hydrogens (tertiary/aromatic N) is 4. The van der Waals surface area contributed by atoms with E-state index in [4.69, 9.17) is 12.2 Å². The number of H-pyrrole nitrogens is 1. The van der Waals surface area contributed by atoms with Gasteiger partial charge in [-0.2, -0.15) is 14.9 Å². The molecule has 0 aliphatic rings. The zero-order valence-electron chi connectivity index (χ0n) is 10.8. The first kappa shape index (κ1) is 13.8. The van der Waals surface area contributed by atoms with E-state index in [-0.39, 0.29) is 0 Å². The highest BCUT2D eigenvalue weighted by atomic mass is 79.9. The standard InChI is InChI=1S/C14H10BrN5S/c15-12-5-3-10(4-6-12)8-17-20-13(18-19-14(20)21)11-2-1-7-16-9-11/h1-9H,(H,19,21)/b17-8-. The Kier molecular flexibility index (Phi) is 4.03. The Morgan fingerprint density at radius 1 is 1.24 bits per heavy atom. The minimum atomic E-state index is 0.433. The Labute approximate surface area is 134 Å². The van der Waals surface area contributed by atoms with Crippen molar-refractivity contribution in [3.8, 4) is 11.4 Å². The van der Waals surface area contributed by atoms with Crippen molar-refractivity contribution < 1.29 is 0 Å². The van der Waals surface area contributed by atoms with Gasteiger partial charge in [0.2, 0.25) is 4.77 Å². The smallest absolute Gasteiger partial charge is 0.216 e. The minimum Gasteiger partial charge on any atom is -0.264 e. The van der Waals surface area contributed by atoms with E-state index in [2.05, 4.69) is 36.2 Å². The van der Waals surface area contributed by atoms with Crippen LogP contribution >= 0.6 is 28.1 Å². The third-order valence-corrected chi connectivity index (χ3v) is 3.56. The maximum Gasteiger partial charge on any atom is 0.216 e. The summed E-state index contributed by atoms with van der Waals surface area (Å²) in [4.78, 5) is 4.08. The maximum absolute atomic E-state index is 5.21. The van der Waals surface area contributed by atoms with E-state index in [1.165, 1.54) is 0 Å². The molecule has 1 N–H and O–H groups in total. The normalized spacial score (nSPS) is 11.1. The van der Waals surface area contributed by atoms with Gasteiger partial charge in [-0.15, -0.1) is 0 Å². The van der Waals surface area contributed by atoms with E-state index in [9.17, 15) is 0 Å². The van der Waals surface area contributed by atoms with Crippen LogP contribution in [0.25, 0.3) is 11.4 Å². The van der Waals surface area contributed by atoms with E-state index in [1.54, 1.807) is 23.3 Å². The second-order valence-corrected chi connectivity index (χ2v) is 5.50. The fourth-order valence-electron chi connectivity index (χ4n) is 1.75. The highest BCUT2D eigenvalue weighted by Crippen LogP contribution is 2.15. The van der Waals surface area contributed by atoms with Gasteiger partial charge in [-0.1, -0.05) is 28.1 Å². The summed E-state index contributed by atoms with van der Waals surface area (Å²) in [6.07, 6.45) is 5.16. The second kappa shape index (κ2) is 6.11. The monoisotopic (exact) mass is 359 g/mol. The Balaban J connectivity index is 1.98. The predicted octanol–water partition coefficient (Wildman–Crippen LogP) is 3.65. The third-order valence-electron chi connectivity index (χ3n) is 2.76. The molecule has 0 aliphatic carbocycles. The molecule has 0 radical (unpaired) electrons. The van der Waals surface area contributed by atoms with Crippen LogP contribution in [0.2, 0.25) is 0 Å². The summed E-state index contributed by atoms with van der Waals surface area (Å²) < 4.78 is 3.03. The summed E-state index contributed by atoms with van der Waals surface area (Å²) in [5.41, 5.74) is 1.82. The Morgan fingerprint density at radius 2 is 2.05 bits per heavy atom. The summed E-state index contributed by atoms with van der Waals surface area (Å²) in [5, 5.41) is 11.3. The van der Waals surface area contributed by atoms with Crippen molar-refractivity contribution in [1.29, 1.82) is 0 Å². The van der Waals surface area contributed by atoms with E-state index in [0.717, 1.165) is 15.6 Å². The molecule has 0 bridgehead atoms. The van der Waals surface area contributed by atoms with Crippen molar-refractivity contribution in [2.24, 2.45) is 5.10 Å². The molecule has 2 aromatic heterocycles. The van der Waals surface area contributed by atoms with Crippen LogP contribution in [-0.2, 0) is 0 Å². The van der Waals surface area contributed by atoms with Crippen LogP contribution < -0.4 is 0 Å². The van der Waals surface area contributed by atoms with Crippen molar-refractivity contribution in [3.05, 3.63) is 63.6 Å². The van der Waals surface area contributed by atoms with Gasteiger partial charge in [0.15, 0.2) is 5.82 Å². The molecule has 1 aromatic carbocycles. The number of aromatic nitrogens is 4. The van der Waals surface area contributed by atoms with Crippen LogP contribution in [0, 0.1) is 4.77 Å². The Hall–Kier alpha value is -2.12. The van der Waals surface area contributed by atoms with Crippen LogP contribution in [-0.4, -0.2) is 26.1 Å². The molecule has 7 heteroatoms. The van der Waals surface area contributed by atoms with Gasteiger partial charge in [0.1, 0.15) is 0 Å². The molecule has 0 atom stereocenters. The lowest BCUT2D eigenvalue weighted by Crippen LogP contribution is -1.95. The number of benzene rings is 1. The number of rotatable bonds is 3. The van der Waals surface area contributed by atoms with E-state index >= 15 is 0 Å². The number of hydrogen-bond acceptors (Lipinski definition) is 4. The van der Waals surface area contributed by atoms with Gasteiger partial charge in [0.25, 0.3) is 0 Å². The number of nitrogens with one attached hydrogen (secondary N) is 1. The molecule has 3 rings (SSSR count). The van der Waals surface area contributed by atoms with Gasteiger partial charge in [-0.05, 0) is 42.0 Å². The summed E-state index contributed by atoms with van der Waals surface area (Å²) >= 11 is 8.61. The molecule has 0 spiro atoms. The molecule has 0 saturated carbocycles. The molecular weight excluding hydrogens is 350 g/mol. The highest BCUT2D eigenvalue weighted by Gasteiger charge is 2.07. The van der Waals surface area contributed by atoms with Crippen LogP contribution in [0.5, 0.6) is 0 Å². The van der Waals surface area contributed by atoms with Crippen LogP contribution in [0.3, 0.4) is 0 Å². The fourth-order valence-corrected chi connectivity index (χ4v) is 2.20. The largest absolute Gasteiger partial charge is 0.264 e. The molecule has 0 fully saturated rings. The predicted molar refractivity (Wildman–Crippen MR) is 87.8 cm³/mol. The quantitative estimate of drug-likeness (QED) is 0.573. The molecule has 5 nitrogen and oxygen atoms in total.